The zero-order valence-electron chi connectivity index (χ0n) is 24.6. The number of aryl methyl sites for hydroxylation is 1. The van der Waals surface area contributed by atoms with Crippen molar-refractivity contribution in [1.29, 1.82) is 0 Å². The molecule has 0 spiro atoms. The number of fused-ring (bicyclic) bond motifs is 1. The van der Waals surface area contributed by atoms with E-state index in [-0.39, 0.29) is 17.4 Å². The highest BCUT2D eigenvalue weighted by Crippen LogP contribution is 2.23. The van der Waals surface area contributed by atoms with Crippen LogP contribution >= 0.6 is 12.6 Å². The summed E-state index contributed by atoms with van der Waals surface area (Å²) in [7, 11) is 1.64. The summed E-state index contributed by atoms with van der Waals surface area (Å²) in [6, 6.07) is 21.2. The van der Waals surface area contributed by atoms with Crippen LogP contribution in [0.1, 0.15) is 36.0 Å². The average molecular weight is 600 g/mol. The topological polar surface area (TPSA) is 135 Å². The number of nitrogens with one attached hydrogen (secondary N) is 3. The Bertz CT molecular complexity index is 1550. The molecular weight excluding hydrogens is 558 g/mol. The Morgan fingerprint density at radius 2 is 1.74 bits per heavy atom. The molecule has 9 heteroatoms. The SMILES string of the molecule is C=C(NCCc1ccc(N)c(N)c1)[C@H](Cc1c[nH]c2ccccc12)NC(=O)[C@H](CCCc1ccc(OC)cc1)CC(=O)S. The van der Waals surface area contributed by atoms with Gasteiger partial charge in [0.05, 0.1) is 24.5 Å². The number of thiol groups is 1. The van der Waals surface area contributed by atoms with Gasteiger partial charge in [0.1, 0.15) is 5.75 Å². The van der Waals surface area contributed by atoms with E-state index in [9.17, 15) is 9.59 Å². The van der Waals surface area contributed by atoms with E-state index in [4.69, 9.17) is 16.2 Å². The number of methoxy groups -OCH3 is 1. The fourth-order valence-corrected chi connectivity index (χ4v) is 5.44. The maximum absolute atomic E-state index is 13.7. The third-order valence-electron chi connectivity index (χ3n) is 7.72. The quantitative estimate of drug-likeness (QED) is 0.0774. The second kappa shape index (κ2) is 15.2. The molecule has 0 aliphatic heterocycles. The number of nitrogens with two attached hydrogens (primary N) is 2. The molecule has 2 atom stereocenters. The number of hydrogen-bond acceptors (Lipinski definition) is 6. The monoisotopic (exact) mass is 599 g/mol. The molecule has 8 nitrogen and oxygen atoms in total. The highest BCUT2D eigenvalue weighted by atomic mass is 32.1. The zero-order chi connectivity index (χ0) is 30.8. The number of aromatic amines is 1. The second-order valence-electron chi connectivity index (χ2n) is 10.8. The first-order chi connectivity index (χ1) is 20.7. The predicted molar refractivity (Wildman–Crippen MR) is 178 cm³/mol. The summed E-state index contributed by atoms with van der Waals surface area (Å²) in [5.41, 5.74) is 17.9. The first-order valence-corrected chi connectivity index (χ1v) is 14.9. The van der Waals surface area contributed by atoms with Gasteiger partial charge in [0.15, 0.2) is 5.12 Å². The third-order valence-corrected chi connectivity index (χ3v) is 7.90. The molecule has 0 aliphatic carbocycles. The molecule has 43 heavy (non-hydrogen) atoms. The fourth-order valence-electron chi connectivity index (χ4n) is 5.22. The van der Waals surface area contributed by atoms with Crippen molar-refractivity contribution in [3.63, 3.8) is 0 Å². The van der Waals surface area contributed by atoms with Crippen LogP contribution < -0.4 is 26.8 Å². The van der Waals surface area contributed by atoms with Gasteiger partial charge in [0, 0.05) is 48.1 Å². The van der Waals surface area contributed by atoms with Crippen LogP contribution in [0.15, 0.2) is 85.2 Å². The number of amides is 1. The third kappa shape index (κ3) is 9.06. The fraction of sp³-hybridized carbons (Fsp3) is 0.294. The van der Waals surface area contributed by atoms with E-state index in [0.29, 0.717) is 42.9 Å². The number of anilines is 2. The molecule has 1 amide bonds. The first kappa shape index (κ1) is 31.6. The van der Waals surface area contributed by atoms with Crippen molar-refractivity contribution in [2.45, 2.75) is 44.6 Å². The standard InChI is InChI=1S/C34H41N5O3S/c1-22(37-17-16-24-12-15-29(35)30(36)18-24)32(19-26-21-38-31-9-4-3-8-28(26)31)39-34(41)25(20-33(40)43)7-5-6-23-10-13-27(42-2)14-11-23/h3-4,8-15,18,21,25,32,37-38H,1,5-7,16-17,19-20,35-36H2,2H3,(H,39,41)(H,40,43)/t25-,32+/m1/s1. The Hall–Kier alpha value is -4.37. The minimum absolute atomic E-state index is 0.0653. The maximum Gasteiger partial charge on any atom is 0.224 e. The number of hydrogen-bond donors (Lipinski definition) is 6. The van der Waals surface area contributed by atoms with E-state index in [0.717, 1.165) is 46.2 Å². The minimum atomic E-state index is -0.501. The van der Waals surface area contributed by atoms with Gasteiger partial charge in [-0.25, -0.2) is 0 Å². The number of benzene rings is 3. The molecule has 0 saturated heterocycles. The normalized spacial score (nSPS) is 12.4. The highest BCUT2D eigenvalue weighted by molar-refractivity contribution is 7.96. The zero-order valence-corrected chi connectivity index (χ0v) is 25.5. The van der Waals surface area contributed by atoms with Crippen LogP contribution in [0.4, 0.5) is 11.4 Å². The van der Waals surface area contributed by atoms with Gasteiger partial charge < -0.3 is 31.8 Å². The van der Waals surface area contributed by atoms with Gasteiger partial charge in [0.25, 0.3) is 0 Å². The van der Waals surface area contributed by atoms with Crippen LogP contribution in [-0.2, 0) is 28.9 Å². The Labute approximate surface area is 258 Å². The number of aromatic nitrogens is 1. The van der Waals surface area contributed by atoms with Crippen LogP contribution in [0.2, 0.25) is 0 Å². The summed E-state index contributed by atoms with van der Waals surface area (Å²) in [5.74, 6) is 0.116. The van der Waals surface area contributed by atoms with E-state index in [1.54, 1.807) is 13.2 Å². The predicted octanol–water partition coefficient (Wildman–Crippen LogP) is 5.20. The summed E-state index contributed by atoms with van der Waals surface area (Å²) < 4.78 is 5.24. The molecule has 0 aliphatic rings. The Morgan fingerprint density at radius 3 is 2.47 bits per heavy atom. The highest BCUT2D eigenvalue weighted by Gasteiger charge is 2.25. The molecule has 0 radical (unpaired) electrons. The minimum Gasteiger partial charge on any atom is -0.497 e. The maximum atomic E-state index is 13.7. The van der Waals surface area contributed by atoms with Crippen molar-refractivity contribution in [2.75, 3.05) is 25.1 Å². The van der Waals surface area contributed by atoms with Crippen molar-refractivity contribution < 1.29 is 14.3 Å². The van der Waals surface area contributed by atoms with E-state index >= 15 is 0 Å². The van der Waals surface area contributed by atoms with Gasteiger partial charge in [-0.05, 0) is 72.7 Å². The molecule has 7 N–H and O–H groups in total. The Morgan fingerprint density at radius 1 is 1.00 bits per heavy atom. The first-order valence-electron chi connectivity index (χ1n) is 14.5. The van der Waals surface area contributed by atoms with Crippen molar-refractivity contribution in [1.82, 2.24) is 15.6 Å². The molecule has 0 bridgehead atoms. The molecule has 3 aromatic carbocycles. The largest absolute Gasteiger partial charge is 0.497 e. The molecule has 1 heterocycles. The summed E-state index contributed by atoms with van der Waals surface area (Å²) in [4.78, 5) is 29.0. The van der Waals surface area contributed by atoms with Crippen molar-refractivity contribution >= 4 is 45.9 Å². The molecule has 0 fully saturated rings. The summed E-state index contributed by atoms with van der Waals surface area (Å²) in [6.45, 7) is 4.89. The van der Waals surface area contributed by atoms with Crippen LogP contribution in [0.5, 0.6) is 5.75 Å². The lowest BCUT2D eigenvalue weighted by Crippen LogP contribution is -2.44. The van der Waals surface area contributed by atoms with Crippen LogP contribution in [0.3, 0.4) is 0 Å². The molecule has 4 rings (SSSR count). The molecule has 226 valence electrons. The van der Waals surface area contributed by atoms with Gasteiger partial charge in [-0.2, -0.15) is 0 Å². The molecular formula is C34H41N5O3S. The van der Waals surface area contributed by atoms with Crippen LogP contribution in [-0.4, -0.2) is 35.7 Å². The number of rotatable bonds is 16. The van der Waals surface area contributed by atoms with E-state index in [2.05, 4.69) is 40.9 Å². The second-order valence-corrected chi connectivity index (χ2v) is 11.3. The lowest BCUT2D eigenvalue weighted by atomic mass is 9.95. The van der Waals surface area contributed by atoms with Gasteiger partial charge in [-0.15, -0.1) is 12.6 Å². The van der Waals surface area contributed by atoms with E-state index in [1.165, 1.54) is 0 Å². The summed E-state index contributed by atoms with van der Waals surface area (Å²) in [5, 5.41) is 7.38. The summed E-state index contributed by atoms with van der Waals surface area (Å²) in [6.07, 6.45) is 5.37. The molecule has 4 aromatic rings. The van der Waals surface area contributed by atoms with Crippen molar-refractivity contribution in [3.05, 3.63) is 102 Å². The van der Waals surface area contributed by atoms with Crippen LogP contribution in [0, 0.1) is 5.92 Å². The summed E-state index contributed by atoms with van der Waals surface area (Å²) >= 11 is 4.00. The van der Waals surface area contributed by atoms with Gasteiger partial charge in [-0.3, -0.25) is 9.59 Å². The Kier molecular flexibility index (Phi) is 11.2. The number of carbonyl (C=O) groups is 2. The number of carbonyl (C=O) groups excluding carboxylic acids is 2. The van der Waals surface area contributed by atoms with Gasteiger partial charge >= 0.3 is 0 Å². The lowest BCUT2D eigenvalue weighted by molar-refractivity contribution is -0.128. The lowest BCUT2D eigenvalue weighted by Gasteiger charge is -2.25. The number of nitrogen functional groups attached to an aromatic ring is 2. The van der Waals surface area contributed by atoms with Gasteiger partial charge in [0.2, 0.25) is 5.91 Å². The Balaban J connectivity index is 1.44. The molecule has 0 saturated carbocycles. The molecule has 0 unspecified atom stereocenters. The number of ether oxygens (including phenoxy) is 1. The van der Waals surface area contributed by atoms with E-state index in [1.807, 2.05) is 60.8 Å². The van der Waals surface area contributed by atoms with Crippen molar-refractivity contribution in [2.24, 2.45) is 5.92 Å². The smallest absolute Gasteiger partial charge is 0.224 e. The van der Waals surface area contributed by atoms with Crippen molar-refractivity contribution in [3.8, 4) is 5.75 Å². The number of H-pyrrole nitrogens is 1. The average Bonchev–Trinajstić information content (AvgIpc) is 3.40. The van der Waals surface area contributed by atoms with E-state index < -0.39 is 12.0 Å². The van der Waals surface area contributed by atoms with Gasteiger partial charge in [-0.1, -0.05) is 43.0 Å². The number of para-hydroxylation sites is 1. The van der Waals surface area contributed by atoms with Crippen LogP contribution in [0.25, 0.3) is 10.9 Å². The molecule has 1 aromatic heterocycles.